The summed E-state index contributed by atoms with van der Waals surface area (Å²) in [5, 5.41) is 13.4. The Balaban J connectivity index is 1.75. The van der Waals surface area contributed by atoms with Gasteiger partial charge in [-0.1, -0.05) is 0 Å². The topological polar surface area (TPSA) is 93.5 Å². The molecule has 1 fully saturated rings. The van der Waals surface area contributed by atoms with E-state index in [0.29, 0.717) is 42.4 Å². The molecule has 102 valence electrons. The predicted molar refractivity (Wildman–Crippen MR) is 71.9 cm³/mol. The Labute approximate surface area is 110 Å². The van der Waals surface area contributed by atoms with Crippen LogP contribution < -0.4 is 11.1 Å². The second-order valence-electron chi connectivity index (χ2n) is 4.97. The zero-order valence-electron chi connectivity index (χ0n) is 10.7. The van der Waals surface area contributed by atoms with Gasteiger partial charge in [0.25, 0.3) is 6.01 Å². The van der Waals surface area contributed by atoms with Crippen LogP contribution in [0.25, 0.3) is 11.1 Å². The van der Waals surface area contributed by atoms with Gasteiger partial charge in [0.1, 0.15) is 11.1 Å². The van der Waals surface area contributed by atoms with Crippen LogP contribution >= 0.6 is 0 Å². The normalized spacial score (nSPS) is 26.9. The van der Waals surface area contributed by atoms with Crippen molar-refractivity contribution < 1.29 is 14.3 Å². The lowest BCUT2D eigenvalue weighted by Gasteiger charge is -2.25. The van der Waals surface area contributed by atoms with Crippen LogP contribution in [0.3, 0.4) is 0 Å². The number of aromatic nitrogens is 1. The minimum absolute atomic E-state index is 0.194. The first-order chi connectivity index (χ1) is 9.07. The van der Waals surface area contributed by atoms with Crippen LogP contribution in [0, 0.1) is 0 Å². The van der Waals surface area contributed by atoms with E-state index in [1.54, 1.807) is 18.2 Å². The molecule has 2 heterocycles. The fraction of sp³-hybridized carbons (Fsp3) is 0.462. The summed E-state index contributed by atoms with van der Waals surface area (Å²) in [5.41, 5.74) is 6.82. The number of oxazole rings is 1. The molecule has 1 saturated heterocycles. The molecule has 0 saturated carbocycles. The van der Waals surface area contributed by atoms with E-state index in [9.17, 15) is 5.11 Å². The number of hydrogen-bond acceptors (Lipinski definition) is 6. The van der Waals surface area contributed by atoms with E-state index >= 15 is 0 Å². The molecule has 0 amide bonds. The third-order valence-corrected chi connectivity index (χ3v) is 3.62. The number of benzene rings is 1. The number of nitrogens with two attached hydrogens (primary N) is 1. The van der Waals surface area contributed by atoms with Crippen molar-refractivity contribution in [1.82, 2.24) is 4.98 Å². The molecule has 0 bridgehead atoms. The molecule has 4 N–H and O–H groups in total. The van der Waals surface area contributed by atoms with Gasteiger partial charge in [-0.15, -0.1) is 0 Å². The maximum atomic E-state index is 10.4. The zero-order valence-corrected chi connectivity index (χ0v) is 10.7. The van der Waals surface area contributed by atoms with Crippen molar-refractivity contribution >= 4 is 22.8 Å². The van der Waals surface area contributed by atoms with Crippen molar-refractivity contribution in [3.63, 3.8) is 0 Å². The molecule has 2 unspecified atom stereocenters. The zero-order chi connectivity index (χ0) is 13.5. The van der Waals surface area contributed by atoms with Crippen molar-refractivity contribution in [1.29, 1.82) is 0 Å². The van der Waals surface area contributed by atoms with Crippen molar-refractivity contribution in [3.8, 4) is 0 Å². The Morgan fingerprint density at radius 1 is 1.58 bits per heavy atom. The Morgan fingerprint density at radius 3 is 3.16 bits per heavy atom. The SMILES string of the molecule is CC1OCCC1(O)CNc1nc2cc(N)ccc2o1. The highest BCUT2D eigenvalue weighted by atomic mass is 16.5. The lowest BCUT2D eigenvalue weighted by atomic mass is 9.97. The first-order valence-corrected chi connectivity index (χ1v) is 6.31. The lowest BCUT2D eigenvalue weighted by Crippen LogP contribution is -2.43. The molecule has 3 rings (SSSR count). The van der Waals surface area contributed by atoms with Gasteiger partial charge in [-0.2, -0.15) is 4.98 Å². The molecule has 2 atom stereocenters. The molecule has 1 aliphatic heterocycles. The van der Waals surface area contributed by atoms with Crippen molar-refractivity contribution in [2.45, 2.75) is 25.0 Å². The molecule has 2 aromatic rings. The van der Waals surface area contributed by atoms with Crippen LogP contribution in [-0.4, -0.2) is 34.9 Å². The van der Waals surface area contributed by atoms with E-state index in [4.69, 9.17) is 14.9 Å². The molecule has 1 aliphatic rings. The lowest BCUT2D eigenvalue weighted by molar-refractivity contribution is -0.0178. The molecular weight excluding hydrogens is 246 g/mol. The Hall–Kier alpha value is -1.79. The summed E-state index contributed by atoms with van der Waals surface area (Å²) >= 11 is 0. The fourth-order valence-corrected chi connectivity index (χ4v) is 2.25. The number of aliphatic hydroxyl groups is 1. The first-order valence-electron chi connectivity index (χ1n) is 6.31. The van der Waals surface area contributed by atoms with Crippen LogP contribution in [0.4, 0.5) is 11.7 Å². The van der Waals surface area contributed by atoms with Crippen LogP contribution in [0.2, 0.25) is 0 Å². The molecule has 1 aromatic heterocycles. The standard InChI is InChI=1S/C13H17N3O3/c1-8-13(17,4-5-18-8)7-15-12-16-10-6-9(14)2-3-11(10)19-12/h2-3,6,8,17H,4-5,7,14H2,1H3,(H,15,16). The number of hydrogen-bond donors (Lipinski definition) is 3. The molecule has 0 radical (unpaired) electrons. The third-order valence-electron chi connectivity index (χ3n) is 3.62. The average molecular weight is 263 g/mol. The van der Waals surface area contributed by atoms with Gasteiger partial charge in [0.15, 0.2) is 5.58 Å². The highest BCUT2D eigenvalue weighted by Crippen LogP contribution is 2.27. The second kappa shape index (κ2) is 4.40. The van der Waals surface area contributed by atoms with E-state index in [-0.39, 0.29) is 6.10 Å². The number of rotatable bonds is 3. The largest absolute Gasteiger partial charge is 0.424 e. The third kappa shape index (κ3) is 2.24. The Bertz CT molecular complexity index is 598. The number of fused-ring (bicyclic) bond motifs is 1. The average Bonchev–Trinajstić information content (AvgIpc) is 2.91. The summed E-state index contributed by atoms with van der Waals surface area (Å²) in [6, 6.07) is 5.67. The molecule has 6 heteroatoms. The highest BCUT2D eigenvalue weighted by Gasteiger charge is 2.39. The van der Waals surface area contributed by atoms with E-state index in [0.717, 1.165) is 0 Å². The molecular formula is C13H17N3O3. The summed E-state index contributed by atoms with van der Waals surface area (Å²) in [6.45, 7) is 2.78. The number of nitrogen functional groups attached to an aromatic ring is 1. The maximum absolute atomic E-state index is 10.4. The summed E-state index contributed by atoms with van der Waals surface area (Å²) in [6.07, 6.45) is 0.411. The van der Waals surface area contributed by atoms with Gasteiger partial charge in [0.2, 0.25) is 0 Å². The monoisotopic (exact) mass is 263 g/mol. The summed E-state index contributed by atoms with van der Waals surface area (Å²) in [7, 11) is 0. The summed E-state index contributed by atoms with van der Waals surface area (Å²) in [4.78, 5) is 4.28. The minimum Gasteiger partial charge on any atom is -0.424 e. The number of nitrogens with zero attached hydrogens (tertiary/aromatic N) is 1. The summed E-state index contributed by atoms with van der Waals surface area (Å²) in [5.74, 6) is 0. The van der Waals surface area contributed by atoms with Crippen molar-refractivity contribution in [3.05, 3.63) is 18.2 Å². The van der Waals surface area contributed by atoms with Gasteiger partial charge < -0.3 is 25.3 Å². The van der Waals surface area contributed by atoms with E-state index < -0.39 is 5.60 Å². The highest BCUT2D eigenvalue weighted by molar-refractivity contribution is 5.78. The summed E-state index contributed by atoms with van der Waals surface area (Å²) < 4.78 is 10.9. The van der Waals surface area contributed by atoms with Crippen LogP contribution in [0.15, 0.2) is 22.6 Å². The Morgan fingerprint density at radius 2 is 2.42 bits per heavy atom. The van der Waals surface area contributed by atoms with Crippen LogP contribution in [0.1, 0.15) is 13.3 Å². The minimum atomic E-state index is -0.875. The molecule has 0 aliphatic carbocycles. The maximum Gasteiger partial charge on any atom is 0.295 e. The van der Waals surface area contributed by atoms with Gasteiger partial charge in [0, 0.05) is 18.7 Å². The van der Waals surface area contributed by atoms with E-state index in [2.05, 4.69) is 10.3 Å². The molecule has 6 nitrogen and oxygen atoms in total. The second-order valence-corrected chi connectivity index (χ2v) is 4.97. The van der Waals surface area contributed by atoms with Crippen LogP contribution in [0.5, 0.6) is 0 Å². The molecule has 1 aromatic carbocycles. The molecule has 19 heavy (non-hydrogen) atoms. The smallest absolute Gasteiger partial charge is 0.295 e. The van der Waals surface area contributed by atoms with Gasteiger partial charge in [0.05, 0.1) is 12.6 Å². The number of anilines is 2. The fourth-order valence-electron chi connectivity index (χ4n) is 2.25. The van der Waals surface area contributed by atoms with Gasteiger partial charge in [-0.05, 0) is 25.1 Å². The molecule has 0 spiro atoms. The van der Waals surface area contributed by atoms with E-state index in [1.807, 2.05) is 6.92 Å². The number of nitrogens with one attached hydrogen (secondary N) is 1. The van der Waals surface area contributed by atoms with Crippen molar-refractivity contribution in [2.24, 2.45) is 0 Å². The van der Waals surface area contributed by atoms with Gasteiger partial charge in [-0.3, -0.25) is 0 Å². The number of ether oxygens (including phenoxy) is 1. The Kier molecular flexibility index (Phi) is 2.83. The van der Waals surface area contributed by atoms with Crippen molar-refractivity contribution in [2.75, 3.05) is 24.2 Å². The quantitative estimate of drug-likeness (QED) is 0.724. The van der Waals surface area contributed by atoms with E-state index in [1.165, 1.54) is 0 Å². The first kappa shape index (κ1) is 12.3. The predicted octanol–water partition coefficient (Wildman–Crippen LogP) is 1.36. The van der Waals surface area contributed by atoms with Crippen LogP contribution in [-0.2, 0) is 4.74 Å². The van der Waals surface area contributed by atoms with Gasteiger partial charge in [-0.25, -0.2) is 0 Å². The van der Waals surface area contributed by atoms with Gasteiger partial charge >= 0.3 is 0 Å².